The quantitative estimate of drug-likeness (QED) is 0.594. The third kappa shape index (κ3) is 2.17. The van der Waals surface area contributed by atoms with Gasteiger partial charge >= 0.3 is 0 Å². The smallest absolute Gasteiger partial charge is 0.154 e. The molecule has 0 aromatic heterocycles. The molecule has 2 fully saturated rings. The largest absolute Gasteiger partial charge is 0.365 e. The number of hydrogen-bond donors (Lipinski definition) is 0. The number of aryl methyl sites for hydroxylation is 1. The van der Waals surface area contributed by atoms with Gasteiger partial charge in [-0.05, 0) is 47.4 Å². The van der Waals surface area contributed by atoms with Gasteiger partial charge in [-0.15, -0.1) is 0 Å². The van der Waals surface area contributed by atoms with Crippen molar-refractivity contribution in [3.05, 3.63) is 70.8 Å². The molecule has 2 aromatic carbocycles. The lowest BCUT2D eigenvalue weighted by molar-refractivity contribution is -0.127. The minimum Gasteiger partial charge on any atom is -0.365 e. The lowest BCUT2D eigenvalue weighted by Gasteiger charge is -2.16. The third-order valence-corrected chi connectivity index (χ3v) is 6.15. The molecule has 3 nitrogen and oxygen atoms in total. The number of ketones is 2. The van der Waals surface area contributed by atoms with Crippen LogP contribution in [0.3, 0.4) is 0 Å². The molecule has 26 heavy (non-hydrogen) atoms. The topological polar surface area (TPSA) is 43.4 Å². The number of hydrogen-bond acceptors (Lipinski definition) is 3. The van der Waals surface area contributed by atoms with E-state index in [1.807, 2.05) is 61.5 Å². The molecule has 0 radical (unpaired) electrons. The van der Waals surface area contributed by atoms with Gasteiger partial charge in [-0.25, -0.2) is 0 Å². The van der Waals surface area contributed by atoms with E-state index in [0.717, 1.165) is 22.3 Å². The first-order chi connectivity index (χ1) is 12.5. The average molecular weight is 365 g/mol. The van der Waals surface area contributed by atoms with Gasteiger partial charge in [-0.2, -0.15) is 0 Å². The second-order valence-electron chi connectivity index (χ2n) is 7.32. The lowest BCUT2D eigenvalue weighted by atomic mass is 9.85. The molecule has 1 aliphatic carbocycles. The number of ether oxygens (including phenoxy) is 1. The van der Waals surface area contributed by atoms with Crippen molar-refractivity contribution in [1.82, 2.24) is 0 Å². The van der Waals surface area contributed by atoms with E-state index in [9.17, 15) is 9.59 Å². The van der Waals surface area contributed by atoms with Crippen molar-refractivity contribution < 1.29 is 14.3 Å². The first-order valence-electron chi connectivity index (χ1n) is 8.82. The van der Waals surface area contributed by atoms with Crippen LogP contribution in [-0.4, -0.2) is 23.8 Å². The highest BCUT2D eigenvalue weighted by molar-refractivity contribution is 6.30. The van der Waals surface area contributed by atoms with Crippen molar-refractivity contribution in [2.24, 2.45) is 11.8 Å². The van der Waals surface area contributed by atoms with Gasteiger partial charge in [0.25, 0.3) is 0 Å². The van der Waals surface area contributed by atoms with Gasteiger partial charge in [0, 0.05) is 5.02 Å². The van der Waals surface area contributed by atoms with Crippen LogP contribution in [0.5, 0.6) is 0 Å². The molecular weight excluding hydrogens is 348 g/mol. The Hall–Kier alpha value is -2.23. The third-order valence-electron chi connectivity index (χ3n) is 5.89. The molecule has 0 N–H and O–H groups in total. The Morgan fingerprint density at radius 2 is 1.42 bits per heavy atom. The monoisotopic (exact) mass is 364 g/mol. The number of rotatable bonds is 2. The SMILES string of the molecule is Cc1ccc(-c2ccc(Cl)cc2)cc1C1C(=O)[C@@H]2[C@H](C1=O)[C@H]1C=C[C@@H]2O1. The number of fused-ring (bicyclic) bond motifs is 5. The molecule has 1 saturated heterocycles. The Balaban J connectivity index is 1.56. The molecule has 5 atom stereocenters. The number of halogens is 1. The van der Waals surface area contributed by atoms with Crippen LogP contribution >= 0.6 is 11.6 Å². The highest BCUT2D eigenvalue weighted by Crippen LogP contribution is 2.50. The molecule has 3 aliphatic rings. The summed E-state index contributed by atoms with van der Waals surface area (Å²) in [5.74, 6) is -1.30. The van der Waals surface area contributed by atoms with E-state index >= 15 is 0 Å². The Bertz CT molecular complexity index is 930. The van der Waals surface area contributed by atoms with Crippen LogP contribution in [0.15, 0.2) is 54.6 Å². The number of carbonyl (C=O) groups is 2. The van der Waals surface area contributed by atoms with Crippen LogP contribution in [0.25, 0.3) is 11.1 Å². The maximum Gasteiger partial charge on any atom is 0.154 e. The molecule has 2 heterocycles. The minimum atomic E-state index is -0.675. The summed E-state index contributed by atoms with van der Waals surface area (Å²) in [6.45, 7) is 1.96. The lowest BCUT2D eigenvalue weighted by Crippen LogP contribution is -2.26. The zero-order valence-electron chi connectivity index (χ0n) is 14.2. The van der Waals surface area contributed by atoms with Gasteiger partial charge < -0.3 is 4.74 Å². The number of Topliss-reactive ketones (excluding diaryl/α,β-unsaturated/α-hetero) is 2. The molecule has 2 aliphatic heterocycles. The number of benzene rings is 2. The van der Waals surface area contributed by atoms with Gasteiger partial charge in [0.15, 0.2) is 11.6 Å². The van der Waals surface area contributed by atoms with Gasteiger partial charge in [0.05, 0.1) is 24.0 Å². The summed E-state index contributed by atoms with van der Waals surface area (Å²) in [5.41, 5.74) is 3.79. The van der Waals surface area contributed by atoms with Crippen molar-refractivity contribution in [2.75, 3.05) is 0 Å². The maximum absolute atomic E-state index is 13.1. The predicted molar refractivity (Wildman–Crippen MR) is 99.2 cm³/mol. The Morgan fingerprint density at radius 1 is 0.846 bits per heavy atom. The van der Waals surface area contributed by atoms with Gasteiger partial charge in [0.1, 0.15) is 5.92 Å². The fraction of sp³-hybridized carbons (Fsp3) is 0.273. The van der Waals surface area contributed by atoms with E-state index in [1.165, 1.54) is 0 Å². The zero-order valence-corrected chi connectivity index (χ0v) is 14.9. The van der Waals surface area contributed by atoms with Crippen LogP contribution in [0.4, 0.5) is 0 Å². The molecule has 0 spiro atoms. The summed E-state index contributed by atoms with van der Waals surface area (Å²) < 4.78 is 5.73. The standard InChI is InChI=1S/C22H17ClO3/c1-11-2-3-13(12-4-6-14(23)7-5-12)10-15(11)18-21(24)19-16-8-9-17(26-16)20(19)22(18)25/h2-10,16-20H,1H3/t16-,17+,18?,19-,20+. The van der Waals surface area contributed by atoms with Crippen molar-refractivity contribution in [2.45, 2.75) is 25.0 Å². The number of carbonyl (C=O) groups excluding carboxylic acids is 2. The normalized spacial score (nSPS) is 31.7. The summed E-state index contributed by atoms with van der Waals surface area (Å²) in [6, 6.07) is 13.6. The van der Waals surface area contributed by atoms with E-state index in [0.29, 0.717) is 5.02 Å². The summed E-state index contributed by atoms with van der Waals surface area (Å²) in [5, 5.41) is 0.679. The Morgan fingerprint density at radius 3 is 2.04 bits per heavy atom. The van der Waals surface area contributed by atoms with Crippen LogP contribution in [-0.2, 0) is 14.3 Å². The predicted octanol–water partition coefficient (Wildman–Crippen LogP) is 4.12. The van der Waals surface area contributed by atoms with E-state index in [-0.39, 0.29) is 35.6 Å². The summed E-state index contributed by atoms with van der Waals surface area (Å²) in [6.07, 6.45) is 3.39. The van der Waals surface area contributed by atoms with Gasteiger partial charge in [0.2, 0.25) is 0 Å². The highest BCUT2D eigenvalue weighted by Gasteiger charge is 2.61. The highest BCUT2D eigenvalue weighted by atomic mass is 35.5. The van der Waals surface area contributed by atoms with Crippen LogP contribution < -0.4 is 0 Å². The molecule has 130 valence electrons. The summed E-state index contributed by atoms with van der Waals surface area (Å²) in [7, 11) is 0. The fourth-order valence-corrected chi connectivity index (χ4v) is 4.72. The van der Waals surface area contributed by atoms with Crippen LogP contribution in [0, 0.1) is 18.8 Å². The first-order valence-corrected chi connectivity index (χ1v) is 9.20. The molecule has 4 heteroatoms. The molecule has 2 aromatic rings. The minimum absolute atomic E-state index is 0.00760. The van der Waals surface area contributed by atoms with Crippen molar-refractivity contribution in [1.29, 1.82) is 0 Å². The van der Waals surface area contributed by atoms with E-state index in [2.05, 4.69) is 0 Å². The molecule has 1 unspecified atom stereocenters. The molecule has 1 saturated carbocycles. The van der Waals surface area contributed by atoms with E-state index < -0.39 is 5.92 Å². The van der Waals surface area contributed by atoms with Crippen molar-refractivity contribution in [3.8, 4) is 11.1 Å². The fourth-order valence-electron chi connectivity index (χ4n) is 4.59. The molecular formula is C22H17ClO3. The Labute approximate surface area is 156 Å². The first kappa shape index (κ1) is 16.0. The summed E-state index contributed by atoms with van der Waals surface area (Å²) in [4.78, 5) is 26.2. The van der Waals surface area contributed by atoms with E-state index in [4.69, 9.17) is 16.3 Å². The second kappa shape index (κ2) is 5.63. The molecule has 2 bridgehead atoms. The summed E-state index contributed by atoms with van der Waals surface area (Å²) >= 11 is 5.98. The van der Waals surface area contributed by atoms with Crippen LogP contribution in [0.2, 0.25) is 5.02 Å². The molecule has 5 rings (SSSR count). The van der Waals surface area contributed by atoms with Crippen molar-refractivity contribution in [3.63, 3.8) is 0 Å². The van der Waals surface area contributed by atoms with Crippen molar-refractivity contribution >= 4 is 23.2 Å². The second-order valence-corrected chi connectivity index (χ2v) is 7.75. The zero-order chi connectivity index (χ0) is 18.0. The van der Waals surface area contributed by atoms with Gasteiger partial charge in [-0.3, -0.25) is 9.59 Å². The van der Waals surface area contributed by atoms with Gasteiger partial charge in [-0.1, -0.05) is 48.0 Å². The average Bonchev–Trinajstić information content (AvgIpc) is 3.31. The van der Waals surface area contributed by atoms with E-state index in [1.54, 1.807) is 0 Å². The maximum atomic E-state index is 13.1. The Kier molecular flexibility index (Phi) is 3.46. The van der Waals surface area contributed by atoms with Crippen LogP contribution in [0.1, 0.15) is 17.0 Å². The molecule has 0 amide bonds.